The first-order chi connectivity index (χ1) is 7.62. The van der Waals surface area contributed by atoms with Crippen molar-refractivity contribution in [2.24, 2.45) is 0 Å². The molecule has 1 fully saturated rings. The minimum atomic E-state index is -3.30. The van der Waals surface area contributed by atoms with Crippen molar-refractivity contribution in [1.29, 1.82) is 0 Å². The van der Waals surface area contributed by atoms with Crippen molar-refractivity contribution < 1.29 is 8.42 Å². The van der Waals surface area contributed by atoms with E-state index in [-0.39, 0.29) is 6.04 Å². The molecule has 1 aliphatic rings. The molecule has 0 spiro atoms. The number of thiophene rings is 1. The van der Waals surface area contributed by atoms with E-state index in [4.69, 9.17) is 0 Å². The highest BCUT2D eigenvalue weighted by molar-refractivity contribution is 7.91. The number of rotatable bonds is 4. The summed E-state index contributed by atoms with van der Waals surface area (Å²) in [5, 5.41) is 3.14. The van der Waals surface area contributed by atoms with Crippen molar-refractivity contribution in [3.63, 3.8) is 0 Å². The maximum absolute atomic E-state index is 12.0. The second-order valence-corrected chi connectivity index (χ2v) is 6.99. The van der Waals surface area contributed by atoms with Crippen LogP contribution in [0, 0.1) is 0 Å². The average Bonchev–Trinajstić information content (AvgIpc) is 2.85. The van der Waals surface area contributed by atoms with Gasteiger partial charge in [0.15, 0.2) is 0 Å². The Morgan fingerprint density at radius 2 is 2.38 bits per heavy atom. The molecule has 1 aromatic rings. The lowest BCUT2D eigenvalue weighted by Gasteiger charge is -2.10. The van der Waals surface area contributed by atoms with Crippen molar-refractivity contribution in [3.05, 3.63) is 17.0 Å². The van der Waals surface area contributed by atoms with Gasteiger partial charge in [0.2, 0.25) is 10.0 Å². The van der Waals surface area contributed by atoms with E-state index in [9.17, 15) is 8.42 Å². The lowest BCUT2D eigenvalue weighted by Crippen LogP contribution is -2.35. The summed E-state index contributed by atoms with van der Waals surface area (Å²) in [7, 11) is -3.30. The van der Waals surface area contributed by atoms with Gasteiger partial charge in [-0.25, -0.2) is 13.1 Å². The highest BCUT2D eigenvalue weighted by Gasteiger charge is 2.23. The molecule has 2 N–H and O–H groups in total. The fourth-order valence-corrected chi connectivity index (χ4v) is 4.31. The summed E-state index contributed by atoms with van der Waals surface area (Å²) < 4.78 is 27.1. The highest BCUT2D eigenvalue weighted by Crippen LogP contribution is 2.22. The maximum atomic E-state index is 12.0. The van der Waals surface area contributed by atoms with Gasteiger partial charge < -0.3 is 5.32 Å². The molecular weight excluding hydrogens is 244 g/mol. The molecule has 6 heteroatoms. The third kappa shape index (κ3) is 2.63. The molecule has 0 aromatic carbocycles. The van der Waals surface area contributed by atoms with Gasteiger partial charge >= 0.3 is 0 Å². The van der Waals surface area contributed by atoms with Crippen LogP contribution in [0.4, 0.5) is 0 Å². The Labute approximate surface area is 100 Å². The number of sulfonamides is 1. The first-order valence-corrected chi connectivity index (χ1v) is 7.73. The van der Waals surface area contributed by atoms with E-state index < -0.39 is 10.0 Å². The Morgan fingerprint density at radius 1 is 1.56 bits per heavy atom. The predicted octanol–water partition coefficient (Wildman–Crippen LogP) is 0.951. The van der Waals surface area contributed by atoms with Gasteiger partial charge in [-0.1, -0.05) is 6.92 Å². The normalized spacial score (nSPS) is 21.4. The van der Waals surface area contributed by atoms with Crippen molar-refractivity contribution >= 4 is 21.4 Å². The van der Waals surface area contributed by atoms with Crippen LogP contribution in [-0.4, -0.2) is 27.5 Å². The summed E-state index contributed by atoms with van der Waals surface area (Å²) in [6.45, 7) is 3.64. The standard InChI is InChI=1S/C10H16N2O2S2/c1-2-9-3-4-10(15-9)16(13,14)12-8-5-6-11-7-8/h3-4,8,11-12H,2,5-7H2,1H3/t8-/m0/s1. The molecule has 1 aromatic heterocycles. The first kappa shape index (κ1) is 12.0. The van der Waals surface area contributed by atoms with Crippen LogP contribution in [0.3, 0.4) is 0 Å². The molecule has 0 bridgehead atoms. The van der Waals surface area contributed by atoms with E-state index in [1.807, 2.05) is 13.0 Å². The minimum absolute atomic E-state index is 0.0391. The summed E-state index contributed by atoms with van der Waals surface area (Å²) in [6, 6.07) is 3.61. The average molecular weight is 260 g/mol. The van der Waals surface area contributed by atoms with Gasteiger partial charge in [-0.15, -0.1) is 11.3 Å². The van der Waals surface area contributed by atoms with Gasteiger partial charge in [-0.2, -0.15) is 0 Å². The third-order valence-electron chi connectivity index (χ3n) is 2.63. The first-order valence-electron chi connectivity index (χ1n) is 5.43. The minimum Gasteiger partial charge on any atom is -0.315 e. The van der Waals surface area contributed by atoms with E-state index in [1.54, 1.807) is 6.07 Å². The number of aryl methyl sites for hydroxylation is 1. The molecule has 1 aliphatic heterocycles. The molecular formula is C10H16N2O2S2. The lowest BCUT2D eigenvalue weighted by atomic mass is 10.3. The molecule has 0 aliphatic carbocycles. The van der Waals surface area contributed by atoms with Crippen LogP contribution in [0.2, 0.25) is 0 Å². The molecule has 1 atom stereocenters. The number of hydrogen-bond donors (Lipinski definition) is 2. The SMILES string of the molecule is CCc1ccc(S(=O)(=O)N[C@H]2CCNC2)s1. The quantitative estimate of drug-likeness (QED) is 0.847. The summed E-state index contributed by atoms with van der Waals surface area (Å²) >= 11 is 1.35. The van der Waals surface area contributed by atoms with Crippen LogP contribution in [0.25, 0.3) is 0 Å². The van der Waals surface area contributed by atoms with Crippen molar-refractivity contribution in [2.75, 3.05) is 13.1 Å². The monoisotopic (exact) mass is 260 g/mol. The van der Waals surface area contributed by atoms with Gasteiger partial charge in [-0.3, -0.25) is 0 Å². The molecule has 0 amide bonds. The largest absolute Gasteiger partial charge is 0.315 e. The molecule has 90 valence electrons. The van der Waals surface area contributed by atoms with E-state index in [1.165, 1.54) is 11.3 Å². The zero-order valence-electron chi connectivity index (χ0n) is 9.19. The van der Waals surface area contributed by atoms with Crippen LogP contribution < -0.4 is 10.0 Å². The zero-order chi connectivity index (χ0) is 11.6. The van der Waals surface area contributed by atoms with E-state index in [0.717, 1.165) is 30.8 Å². The van der Waals surface area contributed by atoms with Gasteiger partial charge in [-0.05, 0) is 31.5 Å². The Morgan fingerprint density at radius 3 is 2.94 bits per heavy atom. The zero-order valence-corrected chi connectivity index (χ0v) is 10.8. The lowest BCUT2D eigenvalue weighted by molar-refractivity contribution is 0.562. The number of nitrogens with one attached hydrogen (secondary N) is 2. The van der Waals surface area contributed by atoms with Crippen LogP contribution in [-0.2, 0) is 16.4 Å². The van der Waals surface area contributed by atoms with E-state index in [0.29, 0.717) is 4.21 Å². The van der Waals surface area contributed by atoms with E-state index >= 15 is 0 Å². The molecule has 0 radical (unpaired) electrons. The Balaban J connectivity index is 2.11. The number of hydrogen-bond acceptors (Lipinski definition) is 4. The topological polar surface area (TPSA) is 58.2 Å². The molecule has 2 rings (SSSR count). The van der Waals surface area contributed by atoms with Crippen LogP contribution in [0.15, 0.2) is 16.3 Å². The van der Waals surface area contributed by atoms with Crippen molar-refractivity contribution in [2.45, 2.75) is 30.0 Å². The summed E-state index contributed by atoms with van der Waals surface area (Å²) in [4.78, 5) is 1.10. The van der Waals surface area contributed by atoms with Gasteiger partial charge in [0, 0.05) is 17.5 Å². The molecule has 0 unspecified atom stereocenters. The smallest absolute Gasteiger partial charge is 0.250 e. The highest BCUT2D eigenvalue weighted by atomic mass is 32.2. The summed E-state index contributed by atoms with van der Waals surface area (Å²) in [5.41, 5.74) is 0. The van der Waals surface area contributed by atoms with E-state index in [2.05, 4.69) is 10.0 Å². The van der Waals surface area contributed by atoms with Crippen molar-refractivity contribution in [3.8, 4) is 0 Å². The maximum Gasteiger partial charge on any atom is 0.250 e. The van der Waals surface area contributed by atoms with Crippen LogP contribution in [0.5, 0.6) is 0 Å². The fourth-order valence-electron chi connectivity index (χ4n) is 1.73. The predicted molar refractivity (Wildman–Crippen MR) is 65.3 cm³/mol. The molecule has 1 saturated heterocycles. The van der Waals surface area contributed by atoms with Crippen LogP contribution >= 0.6 is 11.3 Å². The van der Waals surface area contributed by atoms with Crippen LogP contribution in [0.1, 0.15) is 18.2 Å². The van der Waals surface area contributed by atoms with Gasteiger partial charge in [0.1, 0.15) is 4.21 Å². The Bertz CT molecular complexity index is 447. The van der Waals surface area contributed by atoms with Crippen molar-refractivity contribution in [1.82, 2.24) is 10.0 Å². The Kier molecular flexibility index (Phi) is 3.63. The fraction of sp³-hybridized carbons (Fsp3) is 0.600. The van der Waals surface area contributed by atoms with Gasteiger partial charge in [0.25, 0.3) is 0 Å². The third-order valence-corrected chi connectivity index (χ3v) is 5.87. The second kappa shape index (κ2) is 4.83. The molecule has 2 heterocycles. The molecule has 4 nitrogen and oxygen atoms in total. The summed E-state index contributed by atoms with van der Waals surface area (Å²) in [6.07, 6.45) is 1.75. The second-order valence-electron chi connectivity index (χ2n) is 3.89. The molecule has 0 saturated carbocycles. The van der Waals surface area contributed by atoms with Gasteiger partial charge in [0.05, 0.1) is 0 Å². The Hall–Kier alpha value is -0.430. The molecule has 16 heavy (non-hydrogen) atoms. The summed E-state index contributed by atoms with van der Waals surface area (Å²) in [5.74, 6) is 0.